The average Bonchev–Trinajstić information content (AvgIpc) is 3.28. The molecule has 4 heteroatoms. The molecule has 0 aromatic heterocycles. The Morgan fingerprint density at radius 3 is 0.935 bits per heavy atom. The number of hydrogen-bond acceptors (Lipinski definition) is 3. The molecule has 1 amide bonds. The lowest BCUT2D eigenvalue weighted by Gasteiger charge is -2.19. The van der Waals surface area contributed by atoms with Crippen molar-refractivity contribution in [2.45, 2.75) is 309 Å². The van der Waals surface area contributed by atoms with Gasteiger partial charge in [0.05, 0.1) is 18.8 Å². The largest absolute Gasteiger partial charge is 0.394 e. The lowest BCUT2D eigenvalue weighted by Crippen LogP contribution is -2.45. The van der Waals surface area contributed by atoms with E-state index in [1.165, 1.54) is 238 Å². The van der Waals surface area contributed by atoms with Crippen LogP contribution in [-0.4, -0.2) is 34.9 Å². The maximum absolute atomic E-state index is 12.4. The first-order chi connectivity index (χ1) is 30.7. The predicted octanol–water partition coefficient (Wildman–Crippen LogP) is 18.3. The molecule has 0 bridgehead atoms. The molecule has 0 fully saturated rings. The molecule has 0 aliphatic rings. The maximum atomic E-state index is 12.4. The van der Waals surface area contributed by atoms with E-state index in [1.54, 1.807) is 6.08 Å². The summed E-state index contributed by atoms with van der Waals surface area (Å²) in [5, 5.41) is 23.1. The second kappa shape index (κ2) is 53.7. The Bertz CT molecular complexity index is 985. The molecule has 0 saturated carbocycles. The van der Waals surface area contributed by atoms with E-state index in [-0.39, 0.29) is 12.5 Å². The number of carbonyl (C=O) groups excluding carboxylic acids is 1. The number of aliphatic hydroxyl groups excluding tert-OH is 2. The molecule has 0 rings (SSSR count). The van der Waals surface area contributed by atoms with Gasteiger partial charge in [-0.2, -0.15) is 0 Å². The van der Waals surface area contributed by atoms with E-state index in [9.17, 15) is 15.0 Å². The highest BCUT2D eigenvalue weighted by atomic mass is 16.3. The minimum absolute atomic E-state index is 0.0783. The Morgan fingerprint density at radius 2 is 0.629 bits per heavy atom. The van der Waals surface area contributed by atoms with Crippen LogP contribution in [0.3, 0.4) is 0 Å². The van der Waals surface area contributed by atoms with Crippen LogP contribution in [0.15, 0.2) is 48.6 Å². The molecule has 0 aromatic carbocycles. The third-order valence-corrected chi connectivity index (χ3v) is 12.8. The first kappa shape index (κ1) is 60.4. The van der Waals surface area contributed by atoms with Crippen LogP contribution in [0.2, 0.25) is 0 Å². The lowest BCUT2D eigenvalue weighted by molar-refractivity contribution is -0.123. The second-order valence-corrected chi connectivity index (χ2v) is 19.0. The molecule has 0 saturated heterocycles. The number of allylic oxidation sites excluding steroid dienone is 7. The van der Waals surface area contributed by atoms with E-state index in [1.807, 2.05) is 6.08 Å². The average molecular weight is 869 g/mol. The number of amides is 1. The topological polar surface area (TPSA) is 69.6 Å². The molecule has 62 heavy (non-hydrogen) atoms. The van der Waals surface area contributed by atoms with Crippen LogP contribution in [0.5, 0.6) is 0 Å². The molecular weight excluding hydrogens is 759 g/mol. The molecule has 4 nitrogen and oxygen atoms in total. The summed E-state index contributed by atoms with van der Waals surface area (Å²) in [6, 6.07) is -0.648. The van der Waals surface area contributed by atoms with E-state index >= 15 is 0 Å². The highest BCUT2D eigenvalue weighted by molar-refractivity contribution is 5.76. The molecule has 2 atom stereocenters. The van der Waals surface area contributed by atoms with Crippen molar-refractivity contribution in [1.82, 2.24) is 5.32 Å². The Morgan fingerprint density at radius 1 is 0.371 bits per heavy atom. The highest BCUT2D eigenvalue weighted by Gasteiger charge is 2.18. The van der Waals surface area contributed by atoms with Crippen molar-refractivity contribution in [2.75, 3.05) is 6.61 Å². The van der Waals surface area contributed by atoms with Crippen LogP contribution in [0.4, 0.5) is 0 Å². The fourth-order valence-electron chi connectivity index (χ4n) is 8.50. The Kier molecular flexibility index (Phi) is 52.3. The Balaban J connectivity index is 3.55. The summed E-state index contributed by atoms with van der Waals surface area (Å²) in [6.07, 6.45) is 74.2. The van der Waals surface area contributed by atoms with Crippen molar-refractivity contribution in [3.63, 3.8) is 0 Å². The van der Waals surface area contributed by atoms with Crippen molar-refractivity contribution < 1.29 is 15.0 Å². The number of unbranched alkanes of at least 4 members (excludes halogenated alkanes) is 38. The summed E-state index contributed by atoms with van der Waals surface area (Å²) in [7, 11) is 0. The number of nitrogens with one attached hydrogen (secondary N) is 1. The first-order valence-corrected chi connectivity index (χ1v) is 27.9. The molecule has 364 valence electrons. The number of aliphatic hydroxyl groups is 2. The van der Waals surface area contributed by atoms with Gasteiger partial charge in [0, 0.05) is 6.42 Å². The van der Waals surface area contributed by atoms with E-state index < -0.39 is 12.1 Å². The summed E-state index contributed by atoms with van der Waals surface area (Å²) in [5.41, 5.74) is 0. The SMILES string of the molecule is CCCCCCCC/C=C\CCCCCCCCCCCC(=O)NC(CO)C(O)/C=C/CC/C=C/CC/C=C/CCCCCCCCCCCCCCCCCCCCCCC. The van der Waals surface area contributed by atoms with Gasteiger partial charge in [0.15, 0.2) is 0 Å². The van der Waals surface area contributed by atoms with Crippen LogP contribution in [-0.2, 0) is 4.79 Å². The van der Waals surface area contributed by atoms with Crippen molar-refractivity contribution in [1.29, 1.82) is 0 Å². The predicted molar refractivity (Wildman–Crippen MR) is 276 cm³/mol. The van der Waals surface area contributed by atoms with Crippen molar-refractivity contribution in [3.8, 4) is 0 Å². The summed E-state index contributed by atoms with van der Waals surface area (Å²) in [6.45, 7) is 4.31. The third-order valence-electron chi connectivity index (χ3n) is 12.8. The first-order valence-electron chi connectivity index (χ1n) is 27.9. The van der Waals surface area contributed by atoms with Gasteiger partial charge >= 0.3 is 0 Å². The summed E-state index contributed by atoms with van der Waals surface area (Å²) < 4.78 is 0. The van der Waals surface area contributed by atoms with Gasteiger partial charge in [-0.1, -0.05) is 268 Å². The van der Waals surface area contributed by atoms with Gasteiger partial charge < -0.3 is 15.5 Å². The Hall–Kier alpha value is -1.65. The van der Waals surface area contributed by atoms with E-state index in [4.69, 9.17) is 0 Å². The number of hydrogen-bond donors (Lipinski definition) is 3. The third kappa shape index (κ3) is 49.4. The van der Waals surface area contributed by atoms with E-state index in [0.717, 1.165) is 38.5 Å². The highest BCUT2D eigenvalue weighted by Crippen LogP contribution is 2.16. The van der Waals surface area contributed by atoms with Gasteiger partial charge in [0.1, 0.15) is 0 Å². The van der Waals surface area contributed by atoms with Crippen molar-refractivity contribution in [3.05, 3.63) is 48.6 Å². The van der Waals surface area contributed by atoms with Crippen LogP contribution in [0.1, 0.15) is 296 Å². The number of rotatable bonds is 51. The normalized spacial score (nSPS) is 13.2. The monoisotopic (exact) mass is 868 g/mol. The van der Waals surface area contributed by atoms with Crippen molar-refractivity contribution in [2.24, 2.45) is 0 Å². The van der Waals surface area contributed by atoms with Gasteiger partial charge in [-0.15, -0.1) is 0 Å². The molecule has 0 aliphatic carbocycles. The van der Waals surface area contributed by atoms with Gasteiger partial charge in [-0.05, 0) is 70.6 Å². The summed E-state index contributed by atoms with van der Waals surface area (Å²) in [4.78, 5) is 12.4. The molecule has 0 spiro atoms. The maximum Gasteiger partial charge on any atom is 0.220 e. The fourth-order valence-corrected chi connectivity index (χ4v) is 8.50. The van der Waals surface area contributed by atoms with Crippen molar-refractivity contribution >= 4 is 5.91 Å². The minimum atomic E-state index is -0.872. The van der Waals surface area contributed by atoms with Gasteiger partial charge in [-0.3, -0.25) is 4.79 Å². The molecule has 0 heterocycles. The Labute approximate surface area is 388 Å². The molecule has 0 aliphatic heterocycles. The molecule has 2 unspecified atom stereocenters. The summed E-state index contributed by atoms with van der Waals surface area (Å²) >= 11 is 0. The minimum Gasteiger partial charge on any atom is -0.394 e. The van der Waals surface area contributed by atoms with E-state index in [0.29, 0.717) is 6.42 Å². The van der Waals surface area contributed by atoms with Crippen LogP contribution in [0, 0.1) is 0 Å². The quantitative estimate of drug-likeness (QED) is 0.0421. The van der Waals surface area contributed by atoms with Crippen LogP contribution in [0.25, 0.3) is 0 Å². The summed E-state index contributed by atoms with van der Waals surface area (Å²) in [5.74, 6) is -0.0783. The van der Waals surface area contributed by atoms with Gasteiger partial charge in [-0.25, -0.2) is 0 Å². The number of carbonyl (C=O) groups is 1. The second-order valence-electron chi connectivity index (χ2n) is 19.0. The zero-order valence-electron chi connectivity index (χ0n) is 41.9. The van der Waals surface area contributed by atoms with Crippen LogP contribution < -0.4 is 5.32 Å². The van der Waals surface area contributed by atoms with E-state index in [2.05, 4.69) is 55.6 Å². The zero-order chi connectivity index (χ0) is 44.9. The lowest BCUT2D eigenvalue weighted by atomic mass is 10.0. The molecule has 0 aromatic rings. The van der Waals surface area contributed by atoms with Gasteiger partial charge in [0.25, 0.3) is 0 Å². The molecular formula is C58H109NO3. The zero-order valence-corrected chi connectivity index (χ0v) is 41.9. The fraction of sp³-hybridized carbons (Fsp3) is 0.845. The molecule has 0 radical (unpaired) electrons. The standard InChI is InChI=1S/C58H109NO3/c1-3-5-7-9-11-13-15-17-19-21-23-24-25-26-27-28-29-30-31-32-33-34-36-37-39-41-43-45-47-49-51-53-57(61)56(55-60)59-58(62)54-52-50-48-46-44-42-40-38-35-22-20-18-16-14-12-10-8-6-4-2/h18,20,36-37,43,45,51,53,56-57,60-61H,3-17,19,21-35,38-42,44,46-50,52,54-55H2,1-2H3,(H,59,62)/b20-18-,37-36+,45-43+,53-51+. The molecule has 3 N–H and O–H groups in total. The van der Waals surface area contributed by atoms with Crippen LogP contribution >= 0.6 is 0 Å². The smallest absolute Gasteiger partial charge is 0.220 e. The van der Waals surface area contributed by atoms with Gasteiger partial charge in [0.2, 0.25) is 5.91 Å².